The maximum atomic E-state index is 11.9. The molecule has 2 amide bonds. The van der Waals surface area contributed by atoms with Crippen molar-refractivity contribution in [2.24, 2.45) is 4.99 Å². The first-order valence-corrected chi connectivity index (χ1v) is 7.52. The summed E-state index contributed by atoms with van der Waals surface area (Å²) in [6, 6.07) is 5.11. The molecule has 1 aliphatic rings. The highest BCUT2D eigenvalue weighted by Gasteiger charge is 2.23. The Balaban J connectivity index is 2.26. The third kappa shape index (κ3) is 4.22. The third-order valence-corrected chi connectivity index (χ3v) is 3.65. The van der Waals surface area contributed by atoms with Crippen LogP contribution in [0.2, 0.25) is 5.02 Å². The highest BCUT2D eigenvalue weighted by atomic mass is 35.5. The fraction of sp³-hybridized carbons (Fsp3) is 0.133. The molecule has 0 radical (unpaired) electrons. The smallest absolute Gasteiger partial charge is 0.286 e. The number of carbonyl (C=O) groups is 2. The summed E-state index contributed by atoms with van der Waals surface area (Å²) in [6.45, 7) is 5.29. The number of amidine groups is 1. The molecule has 1 aliphatic heterocycles. The van der Waals surface area contributed by atoms with Crippen LogP contribution in [0, 0.1) is 0 Å². The number of hydrogen-bond acceptors (Lipinski definition) is 4. The zero-order chi connectivity index (χ0) is 16.1. The van der Waals surface area contributed by atoms with E-state index >= 15 is 0 Å². The lowest BCUT2D eigenvalue weighted by atomic mass is 10.2. The van der Waals surface area contributed by atoms with Crippen LogP contribution in [0.5, 0.6) is 5.75 Å². The zero-order valence-electron chi connectivity index (χ0n) is 11.8. The van der Waals surface area contributed by atoms with E-state index in [4.69, 9.17) is 16.3 Å². The highest BCUT2D eigenvalue weighted by Crippen LogP contribution is 2.31. The van der Waals surface area contributed by atoms with Crippen LogP contribution in [0.3, 0.4) is 0 Å². The van der Waals surface area contributed by atoms with E-state index in [2.05, 4.69) is 16.9 Å². The Labute approximate surface area is 137 Å². The topological polar surface area (TPSA) is 67.8 Å². The van der Waals surface area contributed by atoms with Gasteiger partial charge in [-0.2, -0.15) is 4.99 Å². The van der Waals surface area contributed by atoms with Crippen LogP contribution in [0.25, 0.3) is 6.08 Å². The van der Waals surface area contributed by atoms with Crippen LogP contribution in [0.1, 0.15) is 12.5 Å². The predicted octanol–water partition coefficient (Wildman–Crippen LogP) is 3.01. The summed E-state index contributed by atoms with van der Waals surface area (Å²) in [4.78, 5) is 27.0. The van der Waals surface area contributed by atoms with Gasteiger partial charge in [0.1, 0.15) is 12.4 Å². The molecule has 0 aliphatic carbocycles. The lowest BCUT2D eigenvalue weighted by Crippen LogP contribution is -2.23. The van der Waals surface area contributed by atoms with Crippen molar-refractivity contribution < 1.29 is 14.3 Å². The molecule has 0 spiro atoms. The SMILES string of the molecule is C=CCOc1ccc(Cl)cc1/C=C1\SC(NC(C)=O)=NC1=O. The van der Waals surface area contributed by atoms with Crippen molar-refractivity contribution in [3.63, 3.8) is 0 Å². The van der Waals surface area contributed by atoms with Gasteiger partial charge in [-0.1, -0.05) is 24.3 Å². The lowest BCUT2D eigenvalue weighted by Gasteiger charge is -2.08. The third-order valence-electron chi connectivity index (χ3n) is 2.52. The monoisotopic (exact) mass is 336 g/mol. The van der Waals surface area contributed by atoms with Crippen molar-refractivity contribution in [3.8, 4) is 5.75 Å². The van der Waals surface area contributed by atoms with Gasteiger partial charge in [-0.05, 0) is 36.0 Å². The average molecular weight is 337 g/mol. The quantitative estimate of drug-likeness (QED) is 0.678. The van der Waals surface area contributed by atoms with Gasteiger partial charge in [0.15, 0.2) is 5.17 Å². The molecular formula is C15H13ClN2O3S. The first kappa shape index (κ1) is 16.3. The van der Waals surface area contributed by atoms with Gasteiger partial charge in [0.25, 0.3) is 5.91 Å². The van der Waals surface area contributed by atoms with Crippen molar-refractivity contribution in [1.29, 1.82) is 0 Å². The van der Waals surface area contributed by atoms with Crippen molar-refractivity contribution in [3.05, 3.63) is 46.3 Å². The van der Waals surface area contributed by atoms with Crippen LogP contribution in [-0.2, 0) is 9.59 Å². The molecule has 1 heterocycles. The standard InChI is InChI=1S/C15H13ClN2O3S/c1-3-6-21-12-5-4-11(16)7-10(12)8-13-14(20)18-15(22-13)17-9(2)19/h3-5,7-8H,1,6H2,2H3,(H,17,18,19,20)/b13-8-. The van der Waals surface area contributed by atoms with Crippen molar-refractivity contribution in [2.45, 2.75) is 6.92 Å². The Hall–Kier alpha value is -2.05. The first-order valence-electron chi connectivity index (χ1n) is 6.33. The fourth-order valence-electron chi connectivity index (χ4n) is 1.67. The second kappa shape index (κ2) is 7.29. The van der Waals surface area contributed by atoms with Crippen LogP contribution in [0.4, 0.5) is 0 Å². The minimum Gasteiger partial charge on any atom is -0.489 e. The highest BCUT2D eigenvalue weighted by molar-refractivity contribution is 8.18. The number of amides is 2. The molecule has 114 valence electrons. The van der Waals surface area contributed by atoms with E-state index in [9.17, 15) is 9.59 Å². The molecule has 0 unspecified atom stereocenters. The summed E-state index contributed by atoms with van der Waals surface area (Å²) >= 11 is 7.08. The molecule has 0 aromatic heterocycles. The molecule has 1 N–H and O–H groups in total. The average Bonchev–Trinajstić information content (AvgIpc) is 2.77. The molecule has 0 fully saturated rings. The Morgan fingerprint density at radius 3 is 3.00 bits per heavy atom. The van der Waals surface area contributed by atoms with Gasteiger partial charge < -0.3 is 10.1 Å². The second-order valence-electron chi connectivity index (χ2n) is 4.30. The Morgan fingerprint density at radius 2 is 2.32 bits per heavy atom. The maximum Gasteiger partial charge on any atom is 0.286 e. The lowest BCUT2D eigenvalue weighted by molar-refractivity contribution is -0.117. The maximum absolute atomic E-state index is 11.9. The van der Waals surface area contributed by atoms with Gasteiger partial charge in [-0.25, -0.2) is 0 Å². The van der Waals surface area contributed by atoms with E-state index in [1.54, 1.807) is 30.4 Å². The Morgan fingerprint density at radius 1 is 1.55 bits per heavy atom. The molecule has 0 saturated carbocycles. The molecule has 1 aromatic rings. The summed E-state index contributed by atoms with van der Waals surface area (Å²) in [6.07, 6.45) is 3.26. The number of nitrogens with one attached hydrogen (secondary N) is 1. The minimum atomic E-state index is -0.414. The molecule has 0 atom stereocenters. The number of ether oxygens (including phenoxy) is 1. The Kier molecular flexibility index (Phi) is 5.41. The number of nitrogens with zero attached hydrogens (tertiary/aromatic N) is 1. The van der Waals surface area contributed by atoms with Crippen molar-refractivity contribution >= 4 is 46.4 Å². The number of rotatable bonds is 4. The van der Waals surface area contributed by atoms with Crippen molar-refractivity contribution in [2.75, 3.05) is 6.61 Å². The molecule has 22 heavy (non-hydrogen) atoms. The van der Waals surface area contributed by atoms with E-state index in [1.165, 1.54) is 6.92 Å². The molecule has 1 aromatic carbocycles. The van der Waals surface area contributed by atoms with Crippen LogP contribution in [-0.4, -0.2) is 23.6 Å². The second-order valence-corrected chi connectivity index (χ2v) is 5.76. The summed E-state index contributed by atoms with van der Waals surface area (Å²) < 4.78 is 5.53. The predicted molar refractivity (Wildman–Crippen MR) is 89.0 cm³/mol. The number of halogens is 1. The number of aliphatic imine (C=N–C) groups is 1. The molecule has 0 bridgehead atoms. The van der Waals surface area contributed by atoms with Crippen LogP contribution >= 0.6 is 23.4 Å². The van der Waals surface area contributed by atoms with E-state index in [0.29, 0.717) is 27.8 Å². The van der Waals surface area contributed by atoms with E-state index in [-0.39, 0.29) is 11.1 Å². The van der Waals surface area contributed by atoms with E-state index < -0.39 is 5.91 Å². The molecular weight excluding hydrogens is 324 g/mol. The summed E-state index contributed by atoms with van der Waals surface area (Å²) in [5.41, 5.74) is 0.657. The van der Waals surface area contributed by atoms with Gasteiger partial charge in [0.2, 0.25) is 5.91 Å². The molecule has 5 nitrogen and oxygen atoms in total. The molecule has 2 rings (SSSR count). The van der Waals surface area contributed by atoms with Gasteiger partial charge in [-0.15, -0.1) is 0 Å². The van der Waals surface area contributed by atoms with Crippen LogP contribution < -0.4 is 10.1 Å². The normalized spacial score (nSPS) is 15.6. The number of thioether (sulfide) groups is 1. The number of benzene rings is 1. The van der Waals surface area contributed by atoms with Crippen molar-refractivity contribution in [1.82, 2.24) is 5.32 Å². The number of carbonyl (C=O) groups excluding carboxylic acids is 2. The Bertz CT molecular complexity index is 698. The van der Waals surface area contributed by atoms with Gasteiger partial charge in [0, 0.05) is 17.5 Å². The summed E-state index contributed by atoms with van der Waals surface area (Å²) in [7, 11) is 0. The minimum absolute atomic E-state index is 0.263. The van der Waals surface area contributed by atoms with Gasteiger partial charge in [-0.3, -0.25) is 9.59 Å². The van der Waals surface area contributed by atoms with Gasteiger partial charge >= 0.3 is 0 Å². The van der Waals surface area contributed by atoms with E-state index in [1.807, 2.05) is 0 Å². The fourth-order valence-corrected chi connectivity index (χ4v) is 2.70. The van der Waals surface area contributed by atoms with Gasteiger partial charge in [0.05, 0.1) is 4.91 Å². The van der Waals surface area contributed by atoms with Crippen LogP contribution in [0.15, 0.2) is 40.8 Å². The summed E-state index contributed by atoms with van der Waals surface area (Å²) in [5.74, 6) is -0.111. The largest absolute Gasteiger partial charge is 0.489 e. The number of hydrogen-bond donors (Lipinski definition) is 1. The van der Waals surface area contributed by atoms with E-state index in [0.717, 1.165) is 11.8 Å². The zero-order valence-corrected chi connectivity index (χ0v) is 13.3. The first-order chi connectivity index (χ1) is 10.5. The summed E-state index contributed by atoms with van der Waals surface area (Å²) in [5, 5.41) is 3.28. The molecule has 0 saturated heterocycles. The molecule has 7 heteroatoms.